The molecule has 0 aromatic heterocycles. The van der Waals surface area contributed by atoms with Gasteiger partial charge >= 0.3 is 0 Å². The number of piperidine rings is 1. The fraction of sp³-hybridized carbons (Fsp3) is 0.471. The van der Waals surface area contributed by atoms with Gasteiger partial charge < -0.3 is 10.6 Å². The molecule has 0 spiro atoms. The first-order chi connectivity index (χ1) is 11.6. The Morgan fingerprint density at radius 2 is 1.92 bits per heavy atom. The summed E-state index contributed by atoms with van der Waals surface area (Å²) in [6.07, 6.45) is 8.15. The van der Waals surface area contributed by atoms with Crippen molar-refractivity contribution in [1.82, 2.24) is 14.9 Å². The first-order valence-electron chi connectivity index (χ1n) is 8.05. The van der Waals surface area contributed by atoms with Crippen molar-refractivity contribution < 1.29 is 8.42 Å². The van der Waals surface area contributed by atoms with Gasteiger partial charge in [-0.2, -0.15) is 4.31 Å². The number of benzene rings is 1. The average Bonchev–Trinajstić information content (AvgIpc) is 2.63. The molecule has 0 aliphatic carbocycles. The zero-order valence-electron chi connectivity index (χ0n) is 14.4. The largest absolute Gasteiger partial charge is 0.352 e. The van der Waals surface area contributed by atoms with Gasteiger partial charge in [0.25, 0.3) is 0 Å². The summed E-state index contributed by atoms with van der Waals surface area (Å²) in [6, 6.07) is 7.08. The molecule has 1 saturated heterocycles. The monoisotopic (exact) mass is 476 g/mol. The molecule has 138 valence electrons. The van der Waals surface area contributed by atoms with E-state index >= 15 is 0 Å². The third kappa shape index (κ3) is 5.87. The Hall–Kier alpha value is -1.31. The average molecular weight is 476 g/mol. The number of guanidine groups is 1. The van der Waals surface area contributed by atoms with Crippen LogP contribution in [0.15, 0.2) is 34.2 Å². The smallest absolute Gasteiger partial charge is 0.243 e. The van der Waals surface area contributed by atoms with Crippen LogP contribution >= 0.6 is 24.0 Å². The maximum atomic E-state index is 12.9. The van der Waals surface area contributed by atoms with E-state index in [1.165, 1.54) is 0 Å². The van der Waals surface area contributed by atoms with Crippen LogP contribution in [0.25, 0.3) is 0 Å². The zero-order valence-corrected chi connectivity index (χ0v) is 17.5. The van der Waals surface area contributed by atoms with Crippen LogP contribution < -0.4 is 10.6 Å². The maximum absolute atomic E-state index is 12.9. The lowest BCUT2D eigenvalue weighted by Gasteiger charge is -2.27. The second-order valence-electron chi connectivity index (χ2n) is 5.56. The van der Waals surface area contributed by atoms with E-state index in [0.717, 1.165) is 19.3 Å². The van der Waals surface area contributed by atoms with E-state index in [4.69, 9.17) is 6.42 Å². The van der Waals surface area contributed by atoms with Gasteiger partial charge in [0.15, 0.2) is 5.96 Å². The SMILES string of the molecule is C#CCNC(=NC)NCc1ccccc1S(=O)(=O)N1CCCCC1.I. The minimum absolute atomic E-state index is 0. The number of halogens is 1. The molecule has 8 heteroatoms. The lowest BCUT2D eigenvalue weighted by atomic mass is 10.2. The molecule has 2 N–H and O–H groups in total. The highest BCUT2D eigenvalue weighted by molar-refractivity contribution is 14.0. The van der Waals surface area contributed by atoms with Gasteiger partial charge in [-0.3, -0.25) is 4.99 Å². The molecule has 1 fully saturated rings. The summed E-state index contributed by atoms with van der Waals surface area (Å²) in [5.74, 6) is 3.01. The molecule has 1 aromatic rings. The number of nitrogens with zero attached hydrogens (tertiary/aromatic N) is 2. The van der Waals surface area contributed by atoms with E-state index in [0.29, 0.717) is 42.6 Å². The Bertz CT molecular complexity index is 722. The normalized spacial score (nSPS) is 15.8. The third-order valence-electron chi connectivity index (χ3n) is 3.93. The van der Waals surface area contributed by atoms with Gasteiger partial charge in [0.05, 0.1) is 11.4 Å². The first kappa shape index (κ1) is 21.7. The summed E-state index contributed by atoms with van der Waals surface area (Å²) in [5.41, 5.74) is 0.715. The number of sulfonamides is 1. The summed E-state index contributed by atoms with van der Waals surface area (Å²) in [4.78, 5) is 4.41. The minimum atomic E-state index is -3.46. The third-order valence-corrected chi connectivity index (χ3v) is 5.93. The van der Waals surface area contributed by atoms with Crippen LogP contribution in [-0.2, 0) is 16.6 Å². The summed E-state index contributed by atoms with van der Waals surface area (Å²) in [5, 5.41) is 6.05. The molecular weight excluding hydrogens is 451 g/mol. The zero-order chi connectivity index (χ0) is 17.4. The fourth-order valence-corrected chi connectivity index (χ4v) is 4.42. The summed E-state index contributed by atoms with van der Waals surface area (Å²) < 4.78 is 27.4. The van der Waals surface area contributed by atoms with Gasteiger partial charge in [-0.25, -0.2) is 8.42 Å². The minimum Gasteiger partial charge on any atom is -0.352 e. The van der Waals surface area contributed by atoms with Crippen LogP contribution in [0, 0.1) is 12.3 Å². The topological polar surface area (TPSA) is 73.8 Å². The quantitative estimate of drug-likeness (QED) is 0.294. The van der Waals surface area contributed by atoms with Crippen molar-refractivity contribution in [3.8, 4) is 12.3 Å². The Labute approximate surface area is 167 Å². The van der Waals surface area contributed by atoms with Gasteiger partial charge in [0.1, 0.15) is 0 Å². The number of hydrogen-bond acceptors (Lipinski definition) is 3. The van der Waals surface area contributed by atoms with Gasteiger partial charge in [0, 0.05) is 26.7 Å². The molecule has 0 saturated carbocycles. The molecule has 25 heavy (non-hydrogen) atoms. The molecular formula is C17H25IN4O2S. The Morgan fingerprint density at radius 1 is 1.24 bits per heavy atom. The predicted octanol–water partition coefficient (Wildman–Crippen LogP) is 1.78. The molecule has 1 aromatic carbocycles. The van der Waals surface area contributed by atoms with Crippen molar-refractivity contribution >= 4 is 40.0 Å². The summed E-state index contributed by atoms with van der Waals surface area (Å²) in [7, 11) is -1.82. The Morgan fingerprint density at radius 3 is 2.56 bits per heavy atom. The number of nitrogens with one attached hydrogen (secondary N) is 2. The van der Waals surface area contributed by atoms with E-state index in [1.807, 2.05) is 12.1 Å². The standard InChI is InChI=1S/C17H24N4O2S.HI/c1-3-11-19-17(18-2)20-14-15-9-5-6-10-16(15)24(22,23)21-12-7-4-8-13-21;/h1,5-6,9-10H,4,7-8,11-14H2,2H3,(H2,18,19,20);1H. The van der Waals surface area contributed by atoms with E-state index in [2.05, 4.69) is 21.5 Å². The number of hydrogen-bond donors (Lipinski definition) is 2. The molecule has 6 nitrogen and oxygen atoms in total. The van der Waals surface area contributed by atoms with Crippen LogP contribution in [0.3, 0.4) is 0 Å². The van der Waals surface area contributed by atoms with Crippen LogP contribution in [0.1, 0.15) is 24.8 Å². The van der Waals surface area contributed by atoms with Crippen molar-refractivity contribution in [2.24, 2.45) is 4.99 Å². The van der Waals surface area contributed by atoms with Crippen LogP contribution in [-0.4, -0.2) is 45.4 Å². The van der Waals surface area contributed by atoms with E-state index in [1.54, 1.807) is 23.5 Å². The molecule has 0 bridgehead atoms. The van der Waals surface area contributed by atoms with Crippen LogP contribution in [0.5, 0.6) is 0 Å². The highest BCUT2D eigenvalue weighted by Gasteiger charge is 2.27. The number of terminal acetylenes is 1. The van der Waals surface area contributed by atoms with E-state index < -0.39 is 10.0 Å². The van der Waals surface area contributed by atoms with Crippen LogP contribution in [0.2, 0.25) is 0 Å². The second-order valence-corrected chi connectivity index (χ2v) is 7.46. The Balaban J connectivity index is 0.00000312. The summed E-state index contributed by atoms with van der Waals surface area (Å²) in [6.45, 7) is 1.89. The molecule has 1 aliphatic rings. The highest BCUT2D eigenvalue weighted by atomic mass is 127. The Kier molecular flexibility index (Phi) is 9.24. The lowest BCUT2D eigenvalue weighted by molar-refractivity contribution is 0.346. The summed E-state index contributed by atoms with van der Waals surface area (Å²) >= 11 is 0. The van der Waals surface area contributed by atoms with Crippen molar-refractivity contribution in [2.45, 2.75) is 30.7 Å². The molecule has 1 heterocycles. The van der Waals surface area contributed by atoms with Gasteiger partial charge in [-0.1, -0.05) is 30.5 Å². The van der Waals surface area contributed by atoms with Crippen LogP contribution in [0.4, 0.5) is 0 Å². The molecule has 0 radical (unpaired) electrons. The fourth-order valence-electron chi connectivity index (χ4n) is 2.68. The highest BCUT2D eigenvalue weighted by Crippen LogP contribution is 2.23. The number of rotatable bonds is 5. The predicted molar refractivity (Wildman–Crippen MR) is 112 cm³/mol. The van der Waals surface area contributed by atoms with E-state index in [9.17, 15) is 8.42 Å². The molecule has 2 rings (SSSR count). The van der Waals surface area contributed by atoms with Crippen molar-refractivity contribution in [3.05, 3.63) is 29.8 Å². The van der Waals surface area contributed by atoms with Crippen molar-refractivity contribution in [3.63, 3.8) is 0 Å². The van der Waals surface area contributed by atoms with Gasteiger partial charge in [0.2, 0.25) is 10.0 Å². The maximum Gasteiger partial charge on any atom is 0.243 e. The van der Waals surface area contributed by atoms with Crippen molar-refractivity contribution in [2.75, 3.05) is 26.7 Å². The van der Waals surface area contributed by atoms with Crippen molar-refractivity contribution in [1.29, 1.82) is 0 Å². The number of aliphatic imine (C=N–C) groups is 1. The second kappa shape index (κ2) is 10.6. The molecule has 0 amide bonds. The molecule has 0 atom stereocenters. The molecule has 0 unspecified atom stereocenters. The van der Waals surface area contributed by atoms with Gasteiger partial charge in [-0.15, -0.1) is 30.4 Å². The van der Waals surface area contributed by atoms with E-state index in [-0.39, 0.29) is 24.0 Å². The first-order valence-corrected chi connectivity index (χ1v) is 9.49. The lowest BCUT2D eigenvalue weighted by Crippen LogP contribution is -2.38. The van der Waals surface area contributed by atoms with Gasteiger partial charge in [-0.05, 0) is 24.5 Å². The molecule has 1 aliphatic heterocycles.